The van der Waals surface area contributed by atoms with Crippen LogP contribution in [0.1, 0.15) is 83.5 Å². The van der Waals surface area contributed by atoms with E-state index < -0.39 is 11.6 Å². The van der Waals surface area contributed by atoms with Gasteiger partial charge in [-0.3, -0.25) is 0 Å². The van der Waals surface area contributed by atoms with Crippen LogP contribution in [0.3, 0.4) is 0 Å². The molecule has 5 bridgehead atoms. The van der Waals surface area contributed by atoms with Crippen LogP contribution in [-0.2, 0) is 9.47 Å². The summed E-state index contributed by atoms with van der Waals surface area (Å²) in [5, 5.41) is 11.9. The van der Waals surface area contributed by atoms with E-state index in [1.165, 1.54) is 57.8 Å². The Morgan fingerprint density at radius 1 is 0.739 bits per heavy atom. The summed E-state index contributed by atoms with van der Waals surface area (Å²) in [6, 6.07) is 0. The molecule has 4 aliphatic carbocycles. The molecular formula is C20H30O3. The van der Waals surface area contributed by atoms with Crippen molar-refractivity contribution in [2.24, 2.45) is 23.2 Å². The first-order chi connectivity index (χ1) is 11.1. The molecular weight excluding hydrogens is 288 g/mol. The summed E-state index contributed by atoms with van der Waals surface area (Å²) in [6.45, 7) is 0. The van der Waals surface area contributed by atoms with Gasteiger partial charge in [0, 0.05) is 18.3 Å². The van der Waals surface area contributed by atoms with Crippen molar-refractivity contribution in [1.29, 1.82) is 0 Å². The Morgan fingerprint density at radius 3 is 2.43 bits per heavy atom. The monoisotopic (exact) mass is 318 g/mol. The van der Waals surface area contributed by atoms with Crippen molar-refractivity contribution in [1.82, 2.24) is 0 Å². The Kier molecular flexibility index (Phi) is 2.55. The number of hydrogen-bond acceptors (Lipinski definition) is 3. The maximum absolute atomic E-state index is 11.9. The predicted molar refractivity (Wildman–Crippen MR) is 85.5 cm³/mol. The molecule has 1 N–H and O–H groups in total. The van der Waals surface area contributed by atoms with Crippen LogP contribution in [-0.4, -0.2) is 22.3 Å². The largest absolute Gasteiger partial charge is 0.365 e. The zero-order valence-electron chi connectivity index (χ0n) is 14.2. The second kappa shape index (κ2) is 4.16. The van der Waals surface area contributed by atoms with E-state index >= 15 is 0 Å². The average molecular weight is 318 g/mol. The lowest BCUT2D eigenvalue weighted by atomic mass is 9.40. The van der Waals surface area contributed by atoms with Crippen LogP contribution in [0.4, 0.5) is 0 Å². The summed E-state index contributed by atoms with van der Waals surface area (Å²) < 4.78 is 13.8. The first-order valence-corrected chi connectivity index (χ1v) is 10.3. The van der Waals surface area contributed by atoms with Gasteiger partial charge in [-0.25, -0.2) is 0 Å². The van der Waals surface area contributed by atoms with Crippen LogP contribution in [0, 0.1) is 23.2 Å². The molecule has 0 radical (unpaired) electrons. The average Bonchev–Trinajstić information content (AvgIpc) is 2.52. The Bertz CT molecular complexity index is 549. The van der Waals surface area contributed by atoms with Crippen molar-refractivity contribution in [3.63, 3.8) is 0 Å². The fourth-order valence-electron chi connectivity index (χ4n) is 8.27. The van der Waals surface area contributed by atoms with Gasteiger partial charge in [-0.05, 0) is 57.3 Å². The van der Waals surface area contributed by atoms with Gasteiger partial charge in [0.2, 0.25) is 0 Å². The van der Waals surface area contributed by atoms with Gasteiger partial charge >= 0.3 is 0 Å². The minimum atomic E-state index is -0.884. The quantitative estimate of drug-likeness (QED) is 0.730. The highest BCUT2D eigenvalue weighted by atomic mass is 16.8. The fourth-order valence-corrected chi connectivity index (χ4v) is 8.27. The van der Waals surface area contributed by atoms with E-state index in [0.29, 0.717) is 17.8 Å². The van der Waals surface area contributed by atoms with Crippen molar-refractivity contribution >= 4 is 0 Å². The molecule has 128 valence electrons. The van der Waals surface area contributed by atoms with Gasteiger partial charge in [-0.15, -0.1) is 0 Å². The van der Waals surface area contributed by atoms with Gasteiger partial charge in [0.15, 0.2) is 11.6 Å². The fraction of sp³-hybridized carbons (Fsp3) is 1.00. The second-order valence-corrected chi connectivity index (χ2v) is 9.60. The smallest absolute Gasteiger partial charge is 0.180 e. The van der Waals surface area contributed by atoms with E-state index in [9.17, 15) is 5.11 Å². The van der Waals surface area contributed by atoms with Crippen molar-refractivity contribution in [2.45, 2.75) is 101 Å². The molecule has 3 nitrogen and oxygen atoms in total. The Hall–Kier alpha value is -0.120. The normalized spacial score (nSPS) is 63.3. The van der Waals surface area contributed by atoms with E-state index in [4.69, 9.17) is 9.47 Å². The van der Waals surface area contributed by atoms with Crippen LogP contribution in [0.2, 0.25) is 0 Å². The van der Waals surface area contributed by atoms with E-state index in [-0.39, 0.29) is 11.0 Å². The van der Waals surface area contributed by atoms with Crippen molar-refractivity contribution in [3.05, 3.63) is 0 Å². The van der Waals surface area contributed by atoms with Crippen molar-refractivity contribution < 1.29 is 14.6 Å². The summed E-state index contributed by atoms with van der Waals surface area (Å²) in [5.74, 6) is 0.231. The minimum absolute atomic E-state index is 0.0665. The highest BCUT2D eigenvalue weighted by Gasteiger charge is 2.82. The first kappa shape index (κ1) is 14.1. The summed E-state index contributed by atoms with van der Waals surface area (Å²) in [7, 11) is 0. The third-order valence-electron chi connectivity index (χ3n) is 9.01. The van der Waals surface area contributed by atoms with Crippen LogP contribution in [0.15, 0.2) is 0 Å². The molecule has 0 aromatic heterocycles. The zero-order chi connectivity index (χ0) is 15.3. The van der Waals surface area contributed by atoms with Gasteiger partial charge in [0.05, 0.1) is 11.0 Å². The second-order valence-electron chi connectivity index (χ2n) is 9.60. The lowest BCUT2D eigenvalue weighted by Gasteiger charge is -2.79. The summed E-state index contributed by atoms with van der Waals surface area (Å²) in [4.78, 5) is 0. The molecule has 7 rings (SSSR count). The van der Waals surface area contributed by atoms with Crippen molar-refractivity contribution in [3.8, 4) is 0 Å². The van der Waals surface area contributed by atoms with Gasteiger partial charge in [0.25, 0.3) is 0 Å². The molecule has 23 heavy (non-hydrogen) atoms. The van der Waals surface area contributed by atoms with E-state index in [1.807, 2.05) is 0 Å². The number of hydrogen-bond donors (Lipinski definition) is 1. The maximum atomic E-state index is 11.9. The van der Waals surface area contributed by atoms with E-state index in [1.54, 1.807) is 0 Å². The highest BCUT2D eigenvalue weighted by Crippen LogP contribution is 2.77. The van der Waals surface area contributed by atoms with E-state index in [2.05, 4.69) is 0 Å². The molecule has 3 saturated heterocycles. The predicted octanol–water partition coefficient (Wildman–Crippen LogP) is 4.13. The lowest BCUT2D eigenvalue weighted by molar-refractivity contribution is -0.565. The van der Waals surface area contributed by atoms with Crippen LogP contribution in [0.5, 0.6) is 0 Å². The van der Waals surface area contributed by atoms with Gasteiger partial charge in [-0.2, -0.15) is 0 Å². The Labute approximate surface area is 139 Å². The standard InChI is InChI=1S/C20H30O3/c21-20-15-8-5-9-17(20)13-16-7-2-4-11-19(16,23-20)22-18(17)10-3-1-6-14(18)12-15/h14-16,21H,1-13H2/t14-,15+,16-,17+,18+,19+,20-/m1/s1. The molecule has 7 atom stereocenters. The SMILES string of the molecule is O[C@]12O[C@@]34CCCC[C@@H]3C[C@]13CCC[C@H]2C[C@H]1CCCC[C@]13O4. The van der Waals surface area contributed by atoms with Crippen molar-refractivity contribution in [2.75, 3.05) is 0 Å². The highest BCUT2D eigenvalue weighted by molar-refractivity contribution is 5.25. The number of rotatable bonds is 0. The molecule has 4 saturated carbocycles. The molecule has 3 heteroatoms. The maximum Gasteiger partial charge on any atom is 0.180 e. The van der Waals surface area contributed by atoms with Gasteiger partial charge in [0.1, 0.15) is 0 Å². The number of aliphatic hydroxyl groups is 1. The first-order valence-electron chi connectivity index (χ1n) is 10.3. The molecule has 0 unspecified atom stereocenters. The summed E-state index contributed by atoms with van der Waals surface area (Å²) in [6.07, 6.45) is 15.7. The molecule has 3 heterocycles. The van der Waals surface area contributed by atoms with Gasteiger partial charge < -0.3 is 14.6 Å². The van der Waals surface area contributed by atoms with Crippen LogP contribution >= 0.6 is 0 Å². The summed E-state index contributed by atoms with van der Waals surface area (Å²) in [5.41, 5.74) is -0.168. The topological polar surface area (TPSA) is 38.7 Å². The van der Waals surface area contributed by atoms with Crippen LogP contribution in [0.25, 0.3) is 0 Å². The minimum Gasteiger partial charge on any atom is -0.365 e. The number of ether oxygens (including phenoxy) is 2. The molecule has 0 aromatic carbocycles. The van der Waals surface area contributed by atoms with Crippen LogP contribution < -0.4 is 0 Å². The molecule has 3 spiro atoms. The zero-order valence-corrected chi connectivity index (χ0v) is 14.2. The molecule has 0 amide bonds. The Balaban J connectivity index is 1.58. The molecule has 3 aliphatic heterocycles. The lowest BCUT2D eigenvalue weighted by Crippen LogP contribution is -2.85. The van der Waals surface area contributed by atoms with E-state index in [0.717, 1.165) is 25.7 Å². The molecule has 7 aliphatic rings. The molecule has 0 aromatic rings. The third kappa shape index (κ3) is 1.36. The van der Waals surface area contributed by atoms with Gasteiger partial charge in [-0.1, -0.05) is 25.7 Å². The molecule has 7 fully saturated rings. The summed E-state index contributed by atoms with van der Waals surface area (Å²) >= 11 is 0. The Morgan fingerprint density at radius 2 is 1.52 bits per heavy atom. The third-order valence-corrected chi connectivity index (χ3v) is 9.01.